The molecule has 0 radical (unpaired) electrons. The van der Waals surface area contributed by atoms with Crippen molar-refractivity contribution in [3.05, 3.63) is 42.0 Å². The first kappa shape index (κ1) is 7.50. The van der Waals surface area contributed by atoms with E-state index in [-0.39, 0.29) is 0 Å². The maximum atomic E-state index is 2.71. The molecule has 0 nitrogen and oxygen atoms in total. The Hall–Kier alpha value is -0.610. The van der Waals surface area contributed by atoms with Gasteiger partial charge in [0.2, 0.25) is 0 Å². The van der Waals surface area contributed by atoms with Gasteiger partial charge < -0.3 is 0 Å². The lowest BCUT2D eigenvalue weighted by molar-refractivity contribution is 1.63. The topological polar surface area (TPSA) is 0 Å². The van der Waals surface area contributed by atoms with Crippen LogP contribution < -0.4 is 0 Å². The molecular formula is C9H11P. The summed E-state index contributed by atoms with van der Waals surface area (Å²) in [5.74, 6) is 0. The van der Waals surface area contributed by atoms with E-state index >= 15 is 0 Å². The molecule has 0 saturated carbocycles. The molecule has 0 aliphatic rings. The van der Waals surface area contributed by atoms with Crippen molar-refractivity contribution in [2.75, 3.05) is 0 Å². The second-order valence-corrected chi connectivity index (χ2v) is 2.73. The fourth-order valence-corrected chi connectivity index (χ4v) is 0.990. The zero-order valence-electron chi connectivity index (χ0n) is 6.04. The summed E-state index contributed by atoms with van der Waals surface area (Å²) >= 11 is 0. The van der Waals surface area contributed by atoms with Gasteiger partial charge in [-0.15, -0.1) is 9.24 Å². The van der Waals surface area contributed by atoms with Gasteiger partial charge in [0.15, 0.2) is 0 Å². The van der Waals surface area contributed by atoms with E-state index in [1.165, 1.54) is 10.9 Å². The molecule has 1 heteroatoms. The molecular weight excluding hydrogens is 139 g/mol. The maximum absolute atomic E-state index is 2.71. The molecule has 0 bridgehead atoms. The van der Waals surface area contributed by atoms with Gasteiger partial charge in [0.05, 0.1) is 0 Å². The predicted octanol–water partition coefficient (Wildman–Crippen LogP) is 2.92. The summed E-state index contributed by atoms with van der Waals surface area (Å²) in [6.45, 7) is 2.04. The van der Waals surface area contributed by atoms with Gasteiger partial charge in [-0.3, -0.25) is 0 Å². The van der Waals surface area contributed by atoms with E-state index in [9.17, 15) is 0 Å². The van der Waals surface area contributed by atoms with Crippen LogP contribution in [0, 0.1) is 0 Å². The highest BCUT2D eigenvalue weighted by Gasteiger charge is 1.88. The Bertz CT molecular complexity index is 224. The molecule has 0 fully saturated rings. The Kier molecular flexibility index (Phi) is 2.65. The van der Waals surface area contributed by atoms with E-state index in [0.29, 0.717) is 0 Å². The minimum Gasteiger partial charge on any atom is -0.105 e. The molecule has 0 aromatic heterocycles. The summed E-state index contributed by atoms with van der Waals surface area (Å²) in [5, 5.41) is 1.25. The Morgan fingerprint density at radius 2 is 1.90 bits per heavy atom. The van der Waals surface area contributed by atoms with Crippen molar-refractivity contribution in [1.82, 2.24) is 0 Å². The largest absolute Gasteiger partial charge is 0.105 e. The highest BCUT2D eigenvalue weighted by molar-refractivity contribution is 7.31. The minimum atomic E-state index is 1.25. The molecule has 1 aromatic carbocycles. The van der Waals surface area contributed by atoms with Gasteiger partial charge in [-0.05, 0) is 17.8 Å². The van der Waals surface area contributed by atoms with Crippen molar-refractivity contribution in [2.45, 2.75) is 6.92 Å². The van der Waals surface area contributed by atoms with Gasteiger partial charge in [0.25, 0.3) is 0 Å². The SMILES string of the molecule is CC=C(P)c1ccccc1. The van der Waals surface area contributed by atoms with Crippen molar-refractivity contribution in [1.29, 1.82) is 0 Å². The number of benzene rings is 1. The third-order valence-electron chi connectivity index (χ3n) is 1.42. The zero-order valence-corrected chi connectivity index (χ0v) is 7.20. The molecule has 52 valence electrons. The highest BCUT2D eigenvalue weighted by Crippen LogP contribution is 2.19. The molecule has 1 aromatic rings. The summed E-state index contributed by atoms with van der Waals surface area (Å²) in [6, 6.07) is 10.3. The summed E-state index contributed by atoms with van der Waals surface area (Å²) in [6.07, 6.45) is 2.08. The first-order valence-corrected chi connectivity index (χ1v) is 3.89. The number of allylic oxidation sites excluding steroid dienone is 1. The average Bonchev–Trinajstić information content (AvgIpc) is 2.05. The summed E-state index contributed by atoms with van der Waals surface area (Å²) in [4.78, 5) is 0. The predicted molar refractivity (Wildman–Crippen MR) is 49.8 cm³/mol. The van der Waals surface area contributed by atoms with Gasteiger partial charge in [-0.25, -0.2) is 0 Å². The van der Waals surface area contributed by atoms with Gasteiger partial charge in [-0.2, -0.15) is 0 Å². The molecule has 10 heavy (non-hydrogen) atoms. The lowest BCUT2D eigenvalue weighted by atomic mass is 10.2. The zero-order chi connectivity index (χ0) is 7.40. The van der Waals surface area contributed by atoms with E-state index in [1.54, 1.807) is 0 Å². The third kappa shape index (κ3) is 1.68. The van der Waals surface area contributed by atoms with Gasteiger partial charge in [0, 0.05) is 0 Å². The highest BCUT2D eigenvalue weighted by atomic mass is 31.0. The average molecular weight is 150 g/mol. The smallest absolute Gasteiger partial charge is 0.0188 e. The first-order valence-electron chi connectivity index (χ1n) is 3.32. The van der Waals surface area contributed by atoms with E-state index in [1.807, 2.05) is 25.1 Å². The first-order chi connectivity index (χ1) is 4.84. The standard InChI is InChI=1S/C9H11P/c1-2-9(10)8-6-4-3-5-7-8/h2-7H,10H2,1H3. The van der Waals surface area contributed by atoms with Crippen LogP contribution in [0.3, 0.4) is 0 Å². The molecule has 0 aliphatic carbocycles. The van der Waals surface area contributed by atoms with Crippen LogP contribution in [0.2, 0.25) is 0 Å². The monoisotopic (exact) mass is 150 g/mol. The second kappa shape index (κ2) is 3.53. The quantitative estimate of drug-likeness (QED) is 0.540. The van der Waals surface area contributed by atoms with Crippen LogP contribution in [-0.2, 0) is 0 Å². The van der Waals surface area contributed by atoms with Crippen LogP contribution in [-0.4, -0.2) is 0 Å². The van der Waals surface area contributed by atoms with Crippen LogP contribution >= 0.6 is 9.24 Å². The fourth-order valence-electron chi connectivity index (χ4n) is 0.797. The number of rotatable bonds is 1. The van der Waals surface area contributed by atoms with E-state index in [2.05, 4.69) is 27.4 Å². The lowest BCUT2D eigenvalue weighted by Crippen LogP contribution is -1.71. The van der Waals surface area contributed by atoms with Crippen LogP contribution in [0.5, 0.6) is 0 Å². The number of hydrogen-bond donors (Lipinski definition) is 0. The Morgan fingerprint density at radius 1 is 1.30 bits per heavy atom. The Balaban J connectivity index is 2.96. The van der Waals surface area contributed by atoms with Crippen molar-refractivity contribution >= 4 is 14.6 Å². The lowest BCUT2D eigenvalue weighted by Gasteiger charge is -1.97. The maximum Gasteiger partial charge on any atom is -0.0188 e. The molecule has 0 spiro atoms. The van der Waals surface area contributed by atoms with E-state index < -0.39 is 0 Å². The van der Waals surface area contributed by atoms with Crippen LogP contribution in [0.1, 0.15) is 12.5 Å². The molecule has 0 saturated heterocycles. The van der Waals surface area contributed by atoms with Crippen LogP contribution in [0.25, 0.3) is 5.31 Å². The van der Waals surface area contributed by atoms with Crippen molar-refractivity contribution in [2.24, 2.45) is 0 Å². The van der Waals surface area contributed by atoms with E-state index in [4.69, 9.17) is 0 Å². The summed E-state index contributed by atoms with van der Waals surface area (Å²) in [7, 11) is 2.71. The second-order valence-electron chi connectivity index (χ2n) is 2.11. The molecule has 1 atom stereocenters. The Labute approximate surface area is 64.2 Å². The summed E-state index contributed by atoms with van der Waals surface area (Å²) in [5.41, 5.74) is 1.27. The fraction of sp³-hybridized carbons (Fsp3) is 0.111. The molecule has 0 aliphatic heterocycles. The van der Waals surface area contributed by atoms with Crippen molar-refractivity contribution in [3.8, 4) is 0 Å². The molecule has 0 N–H and O–H groups in total. The summed E-state index contributed by atoms with van der Waals surface area (Å²) < 4.78 is 0. The van der Waals surface area contributed by atoms with Crippen LogP contribution in [0.15, 0.2) is 36.4 Å². The van der Waals surface area contributed by atoms with Gasteiger partial charge >= 0.3 is 0 Å². The van der Waals surface area contributed by atoms with Gasteiger partial charge in [-0.1, -0.05) is 36.4 Å². The minimum absolute atomic E-state index is 1.25. The number of hydrogen-bond acceptors (Lipinski definition) is 0. The third-order valence-corrected chi connectivity index (χ3v) is 2.08. The van der Waals surface area contributed by atoms with Gasteiger partial charge in [0.1, 0.15) is 0 Å². The molecule has 1 unspecified atom stereocenters. The van der Waals surface area contributed by atoms with Crippen molar-refractivity contribution in [3.63, 3.8) is 0 Å². The normalized spacial score (nSPS) is 11.6. The molecule has 1 rings (SSSR count). The van der Waals surface area contributed by atoms with Crippen molar-refractivity contribution < 1.29 is 0 Å². The Morgan fingerprint density at radius 3 is 2.40 bits per heavy atom. The van der Waals surface area contributed by atoms with E-state index in [0.717, 1.165) is 0 Å². The molecule has 0 amide bonds. The van der Waals surface area contributed by atoms with Crippen LogP contribution in [0.4, 0.5) is 0 Å². The molecule has 0 heterocycles.